The summed E-state index contributed by atoms with van der Waals surface area (Å²) in [6.07, 6.45) is -0.284. The molecule has 4 heterocycles. The van der Waals surface area contributed by atoms with Gasteiger partial charge < -0.3 is 37.6 Å². The minimum Gasteiger partial charge on any atom is -0.530 e. The number of imide groups is 2. The molecular weight excluding hydrogens is 1550 g/mol. The first-order chi connectivity index (χ1) is 56.0. The van der Waals surface area contributed by atoms with Crippen LogP contribution in [0.2, 0.25) is 36.3 Å². The number of pyridine rings is 2. The average molecular weight is 1670 g/mol. The Morgan fingerprint density at radius 3 is 1.13 bits per heavy atom. The molecule has 8 aromatic rings. The molecule has 0 fully saturated rings. The summed E-state index contributed by atoms with van der Waals surface area (Å²) >= 11 is 0. The van der Waals surface area contributed by atoms with E-state index in [-0.39, 0.29) is 85.5 Å². The normalized spacial score (nSPS) is 14.9. The molecule has 0 bridgehead atoms. The van der Waals surface area contributed by atoms with Crippen LogP contribution in [0, 0.1) is 35.3 Å². The van der Waals surface area contributed by atoms with Crippen LogP contribution < -0.4 is 38.8 Å². The Hall–Kier alpha value is -10.5. The molecule has 2 aliphatic heterocycles. The average Bonchev–Trinajstić information content (AvgIpc) is 1.59. The Morgan fingerprint density at radius 1 is 0.483 bits per heavy atom. The smallest absolute Gasteiger partial charge is 0.416 e. The topological polar surface area (TPSA) is 221 Å². The third-order valence-electron chi connectivity index (χ3n) is 23.0. The van der Waals surface area contributed by atoms with Gasteiger partial charge in [0.1, 0.15) is 47.5 Å². The molecule has 0 spiro atoms. The van der Waals surface area contributed by atoms with E-state index in [1.165, 1.54) is 38.4 Å². The zero-order valence-electron chi connectivity index (χ0n) is 74.4. The van der Waals surface area contributed by atoms with E-state index in [1.807, 2.05) is 126 Å². The Morgan fingerprint density at radius 2 is 0.817 bits per heavy atom. The number of anilines is 2. The van der Waals surface area contributed by atoms with Crippen LogP contribution in [0.1, 0.15) is 182 Å². The first-order valence-electron chi connectivity index (χ1n) is 41.3. The molecule has 20 nitrogen and oxygen atoms in total. The van der Waals surface area contributed by atoms with Crippen molar-refractivity contribution < 1.29 is 65.3 Å². The molecule has 120 heavy (non-hydrogen) atoms. The fourth-order valence-corrected chi connectivity index (χ4v) is 16.2. The van der Waals surface area contributed by atoms with Gasteiger partial charge in [-0.25, -0.2) is 38.1 Å². The van der Waals surface area contributed by atoms with Gasteiger partial charge in [-0.15, -0.1) is 0 Å². The molecule has 2 aliphatic rings. The van der Waals surface area contributed by atoms with Crippen molar-refractivity contribution in [1.29, 1.82) is 0 Å². The van der Waals surface area contributed by atoms with Crippen LogP contribution in [0.5, 0.6) is 23.3 Å². The molecule has 2 aromatic heterocycles. The molecule has 638 valence electrons. The van der Waals surface area contributed by atoms with Gasteiger partial charge in [-0.05, 0) is 209 Å². The Kier molecular flexibility index (Phi) is 27.9. The highest BCUT2D eigenvalue weighted by molar-refractivity contribution is 6.75. The van der Waals surface area contributed by atoms with Crippen molar-refractivity contribution >= 4 is 85.4 Å². The van der Waals surface area contributed by atoms with E-state index in [2.05, 4.69) is 102 Å². The summed E-state index contributed by atoms with van der Waals surface area (Å²) in [5, 5.41) is 9.63. The van der Waals surface area contributed by atoms with Gasteiger partial charge in [0, 0.05) is 72.8 Å². The largest absolute Gasteiger partial charge is 0.530 e. The van der Waals surface area contributed by atoms with Crippen LogP contribution in [0.25, 0.3) is 21.5 Å². The lowest BCUT2D eigenvalue weighted by Gasteiger charge is -2.36. The van der Waals surface area contributed by atoms with E-state index < -0.39 is 86.8 Å². The maximum Gasteiger partial charge on any atom is 0.416 e. The Balaban J connectivity index is 0.897. The predicted molar refractivity (Wildman–Crippen MR) is 475 cm³/mol. The Labute approximate surface area is 709 Å². The molecule has 24 heteroatoms. The highest BCUT2D eigenvalue weighted by Crippen LogP contribution is 2.48. The predicted octanol–water partition coefficient (Wildman–Crippen LogP) is 18.5. The second kappa shape index (κ2) is 36.4. The standard InChI is InChI=1S/C96H120F2N8O12Si2/c1-25-73(85(107)103(19)89(111)115-91(3,4)5)99-75(87(109)105-59-95(15,16)81-77(105)57-65(53-61-39-45-67(97)46-40-61)83(101-81)117-119(21,22)93(9,10)11)55-63-43-49-79(71-37-31-29-35-69(63)71)113-51-33-27-28-34-52-114-80-50-44-64(70-36-30-32-38-72(70)80)56-76(100-74(26-2)86(108)104(20)90(112)116-92(6,7)8)88(110)106-60-96(17,18)82-78(106)58-66(54-62-41-47-68(98)48-42-62)84(102-82)118-120(23,24)94(12,13)14/h29-32,35-50,57-58,73-76,99-100H,25-26,51-56,59-60H2,1-24H3/t73-,74-,75-,76-/m0/s1. The van der Waals surface area contributed by atoms with Crippen LogP contribution in [-0.4, -0.2) is 148 Å². The first kappa shape index (κ1) is 91.8. The van der Waals surface area contributed by atoms with Crippen LogP contribution in [0.3, 0.4) is 0 Å². The van der Waals surface area contributed by atoms with Gasteiger partial charge in [0.25, 0.3) is 16.6 Å². The summed E-state index contributed by atoms with van der Waals surface area (Å²) in [6, 6.07) is 35.4. The van der Waals surface area contributed by atoms with Crippen molar-refractivity contribution in [2.45, 2.75) is 246 Å². The van der Waals surface area contributed by atoms with Crippen LogP contribution in [-0.2, 0) is 65.2 Å². The third kappa shape index (κ3) is 21.8. The number of hydrogen-bond donors (Lipinski definition) is 2. The van der Waals surface area contributed by atoms with Crippen molar-refractivity contribution in [3.05, 3.63) is 190 Å². The van der Waals surface area contributed by atoms with Gasteiger partial charge in [0.2, 0.25) is 35.4 Å². The number of aromatic nitrogens is 2. The number of halogens is 2. The zero-order chi connectivity index (χ0) is 88.2. The lowest BCUT2D eigenvalue weighted by atomic mass is 9.90. The number of carbonyl (C=O) groups excluding carboxylic acids is 6. The van der Waals surface area contributed by atoms with Crippen LogP contribution >= 0.6 is 0 Å². The van der Waals surface area contributed by atoms with E-state index in [1.54, 1.807) is 75.6 Å². The molecule has 10 rings (SSSR count). The van der Waals surface area contributed by atoms with Crippen molar-refractivity contribution in [3.8, 4) is 46.9 Å². The lowest BCUT2D eigenvalue weighted by Crippen LogP contribution is -2.56. The number of likely N-dealkylation sites (N-methyl/N-ethyl adjacent to an activating group) is 2. The number of fused-ring (bicyclic) bond motifs is 4. The molecule has 0 saturated heterocycles. The van der Waals surface area contributed by atoms with E-state index in [0.29, 0.717) is 58.9 Å². The maximum absolute atomic E-state index is 15.9. The van der Waals surface area contributed by atoms with E-state index in [0.717, 1.165) is 64.7 Å². The fourth-order valence-electron chi connectivity index (χ4n) is 14.3. The number of amides is 6. The number of nitrogens with one attached hydrogen (secondary N) is 2. The van der Waals surface area contributed by atoms with E-state index in [4.69, 9.17) is 37.8 Å². The summed E-state index contributed by atoms with van der Waals surface area (Å²) < 4.78 is 66.7. The highest BCUT2D eigenvalue weighted by Gasteiger charge is 2.48. The van der Waals surface area contributed by atoms with Crippen molar-refractivity contribution in [1.82, 2.24) is 30.4 Å². The van der Waals surface area contributed by atoms with Crippen LogP contribution in [0.15, 0.2) is 133 Å². The van der Waals surface area contributed by atoms with E-state index >= 15 is 9.59 Å². The van der Waals surface area contributed by atoms with Gasteiger partial charge in [-0.3, -0.25) is 29.8 Å². The van der Waals surface area contributed by atoms with E-state index in [9.17, 15) is 28.0 Å². The SMILES string of the molecule is CC[C@H](N[C@@H](Cc1ccc(OCC#CC#CCOc2ccc(C[C@H](N[C@@H](CC)C(=O)N(C)C(=O)OC(C)(C)C)C(=O)N3CC(C)(C)c4nc(O[Si](C)(C)C(C)(C)C)c(Cc5ccc(F)cc5)cc43)c3ccccc23)c2ccccc12)C(=O)N1CC(C)(C)c2nc(O[Si](C)(C)C(C)(C)C)c(Cc3ccc(F)cc3)cc21)C(=O)N(C)C(=O)OC(C)(C)C. The van der Waals surface area contributed by atoms with Crippen molar-refractivity contribution in [2.75, 3.05) is 50.2 Å². The number of nitrogens with zero attached hydrogens (tertiary/aromatic N) is 6. The maximum atomic E-state index is 15.9. The van der Waals surface area contributed by atoms with Gasteiger partial charge >= 0.3 is 12.2 Å². The summed E-state index contributed by atoms with van der Waals surface area (Å²) in [7, 11) is -2.21. The molecule has 0 saturated carbocycles. The number of carbonyl (C=O) groups is 6. The molecule has 6 amide bonds. The van der Waals surface area contributed by atoms with Crippen molar-refractivity contribution in [3.63, 3.8) is 0 Å². The first-order valence-corrected chi connectivity index (χ1v) is 47.2. The number of rotatable bonds is 26. The minimum absolute atomic E-state index is 0.0279. The van der Waals surface area contributed by atoms with Gasteiger partial charge in [-0.1, -0.05) is 168 Å². The summed E-state index contributed by atoms with van der Waals surface area (Å²) in [4.78, 5) is 104. The van der Waals surface area contributed by atoms with Gasteiger partial charge in [0.05, 0.1) is 46.9 Å². The Bertz CT molecular complexity index is 4970. The summed E-state index contributed by atoms with van der Waals surface area (Å²) in [6.45, 7) is 44.2. The molecule has 0 aliphatic carbocycles. The quantitative estimate of drug-likeness (QED) is 0.0380. The molecule has 0 unspecified atom stereocenters. The zero-order valence-corrected chi connectivity index (χ0v) is 76.4. The number of hydrogen-bond acceptors (Lipinski definition) is 16. The monoisotopic (exact) mass is 1670 g/mol. The molecular formula is C96H120F2N8O12Si2. The second-order valence-electron chi connectivity index (χ2n) is 37.8. The van der Waals surface area contributed by atoms with Gasteiger partial charge in [-0.2, -0.15) is 0 Å². The van der Waals surface area contributed by atoms with Gasteiger partial charge in [0.15, 0.2) is 0 Å². The van der Waals surface area contributed by atoms with Crippen LogP contribution in [0.4, 0.5) is 29.7 Å². The third-order valence-corrected chi connectivity index (χ3v) is 31.6. The molecule has 2 N–H and O–H groups in total. The molecule has 4 atom stereocenters. The minimum atomic E-state index is -2.48. The summed E-state index contributed by atoms with van der Waals surface area (Å²) in [5.41, 5.74) is 4.17. The fraction of sp³-hybridized carbons (Fsp3) is 0.458. The highest BCUT2D eigenvalue weighted by atomic mass is 28.4. The number of ether oxygens (including phenoxy) is 4. The van der Waals surface area contributed by atoms with Crippen molar-refractivity contribution in [2.24, 2.45) is 0 Å². The second-order valence-corrected chi connectivity index (χ2v) is 47.3. The molecule has 6 aromatic carbocycles. The lowest BCUT2D eigenvalue weighted by molar-refractivity contribution is -0.133. The summed E-state index contributed by atoms with van der Waals surface area (Å²) in [5.74, 6) is 11.4. The molecule has 0 radical (unpaired) electrons. The number of benzene rings is 6.